The SMILES string of the molecule is Cn1nccc1C(=O)Nc1ncc(F)cc1I. The van der Waals surface area contributed by atoms with E-state index in [0.717, 1.165) is 6.20 Å². The average molecular weight is 346 g/mol. The first-order chi connectivity index (χ1) is 8.08. The van der Waals surface area contributed by atoms with Crippen LogP contribution in [-0.4, -0.2) is 20.7 Å². The second-order valence-corrected chi connectivity index (χ2v) is 4.44. The molecule has 0 spiro atoms. The van der Waals surface area contributed by atoms with E-state index in [1.165, 1.54) is 16.9 Å². The molecule has 0 radical (unpaired) electrons. The maximum Gasteiger partial charge on any atom is 0.275 e. The van der Waals surface area contributed by atoms with Gasteiger partial charge in [0.25, 0.3) is 5.91 Å². The second kappa shape index (κ2) is 4.78. The summed E-state index contributed by atoms with van der Waals surface area (Å²) in [5, 5.41) is 6.49. The Morgan fingerprint density at radius 3 is 2.94 bits per heavy atom. The van der Waals surface area contributed by atoms with Crippen LogP contribution in [0.4, 0.5) is 10.2 Å². The number of nitrogens with one attached hydrogen (secondary N) is 1. The number of rotatable bonds is 2. The smallest absolute Gasteiger partial charge is 0.275 e. The number of carbonyl (C=O) groups is 1. The van der Waals surface area contributed by atoms with Gasteiger partial charge in [0.05, 0.1) is 9.77 Å². The number of anilines is 1. The Morgan fingerprint density at radius 2 is 2.35 bits per heavy atom. The molecule has 88 valence electrons. The summed E-state index contributed by atoms with van der Waals surface area (Å²) in [6, 6.07) is 2.89. The highest BCUT2D eigenvalue weighted by molar-refractivity contribution is 14.1. The van der Waals surface area contributed by atoms with Crippen molar-refractivity contribution in [3.8, 4) is 0 Å². The molecule has 1 N–H and O–H groups in total. The maximum atomic E-state index is 12.8. The number of halogens is 2. The fourth-order valence-electron chi connectivity index (χ4n) is 1.27. The van der Waals surface area contributed by atoms with Crippen LogP contribution in [-0.2, 0) is 7.05 Å². The van der Waals surface area contributed by atoms with Crippen molar-refractivity contribution in [2.24, 2.45) is 7.05 Å². The van der Waals surface area contributed by atoms with E-state index in [1.54, 1.807) is 13.1 Å². The maximum absolute atomic E-state index is 12.8. The number of aromatic nitrogens is 3. The van der Waals surface area contributed by atoms with Crippen molar-refractivity contribution in [3.05, 3.63) is 39.6 Å². The summed E-state index contributed by atoms with van der Waals surface area (Å²) in [4.78, 5) is 15.6. The Labute approximate surface area is 110 Å². The van der Waals surface area contributed by atoms with Crippen molar-refractivity contribution >= 4 is 34.3 Å². The molecule has 0 saturated carbocycles. The molecule has 2 rings (SSSR count). The molecule has 0 fully saturated rings. The van der Waals surface area contributed by atoms with E-state index in [2.05, 4.69) is 15.4 Å². The Morgan fingerprint density at radius 1 is 1.59 bits per heavy atom. The summed E-state index contributed by atoms with van der Waals surface area (Å²) in [5.41, 5.74) is 0.409. The van der Waals surface area contributed by atoms with Crippen LogP contribution < -0.4 is 5.32 Å². The van der Waals surface area contributed by atoms with Crippen LogP contribution in [0.25, 0.3) is 0 Å². The van der Waals surface area contributed by atoms with Gasteiger partial charge in [-0.15, -0.1) is 0 Å². The second-order valence-electron chi connectivity index (χ2n) is 3.28. The van der Waals surface area contributed by atoms with Gasteiger partial charge in [-0.25, -0.2) is 9.37 Å². The van der Waals surface area contributed by atoms with Gasteiger partial charge in [0, 0.05) is 13.2 Å². The molecule has 0 saturated heterocycles. The van der Waals surface area contributed by atoms with E-state index < -0.39 is 5.82 Å². The van der Waals surface area contributed by atoms with E-state index in [9.17, 15) is 9.18 Å². The number of hydrogen-bond acceptors (Lipinski definition) is 3. The fraction of sp³-hybridized carbons (Fsp3) is 0.100. The molecule has 17 heavy (non-hydrogen) atoms. The van der Waals surface area contributed by atoms with Crippen LogP contribution in [0.2, 0.25) is 0 Å². The highest BCUT2D eigenvalue weighted by atomic mass is 127. The zero-order valence-electron chi connectivity index (χ0n) is 8.82. The highest BCUT2D eigenvalue weighted by Gasteiger charge is 2.12. The summed E-state index contributed by atoms with van der Waals surface area (Å²) in [6.07, 6.45) is 2.58. The monoisotopic (exact) mass is 346 g/mol. The van der Waals surface area contributed by atoms with Crippen LogP contribution >= 0.6 is 22.6 Å². The Kier molecular flexibility index (Phi) is 3.36. The van der Waals surface area contributed by atoms with E-state index in [-0.39, 0.29) is 5.91 Å². The highest BCUT2D eigenvalue weighted by Crippen LogP contribution is 2.16. The summed E-state index contributed by atoms with van der Waals surface area (Å²) >= 11 is 1.91. The molecular weight excluding hydrogens is 338 g/mol. The van der Waals surface area contributed by atoms with Gasteiger partial charge in [-0.2, -0.15) is 5.10 Å². The van der Waals surface area contributed by atoms with Gasteiger partial charge in [-0.3, -0.25) is 9.48 Å². The third-order valence-electron chi connectivity index (χ3n) is 2.09. The molecular formula is C10H8FIN4O. The Bertz CT molecular complexity index is 569. The number of carbonyl (C=O) groups excluding carboxylic acids is 1. The first-order valence-electron chi connectivity index (χ1n) is 4.68. The molecule has 5 nitrogen and oxygen atoms in total. The quantitative estimate of drug-likeness (QED) is 0.844. The van der Waals surface area contributed by atoms with E-state index in [0.29, 0.717) is 15.1 Å². The number of hydrogen-bond donors (Lipinski definition) is 1. The lowest BCUT2D eigenvalue weighted by molar-refractivity contribution is 0.101. The van der Waals surface area contributed by atoms with Gasteiger partial charge in [0.15, 0.2) is 0 Å². The molecule has 0 aliphatic carbocycles. The first-order valence-corrected chi connectivity index (χ1v) is 5.76. The third kappa shape index (κ3) is 2.60. The van der Waals surface area contributed by atoms with Crippen LogP contribution in [0.3, 0.4) is 0 Å². The number of nitrogens with zero attached hydrogens (tertiary/aromatic N) is 3. The van der Waals surface area contributed by atoms with Crippen molar-refractivity contribution in [2.45, 2.75) is 0 Å². The van der Waals surface area contributed by atoms with Crippen molar-refractivity contribution in [2.75, 3.05) is 5.32 Å². The molecule has 0 bridgehead atoms. The lowest BCUT2D eigenvalue weighted by Crippen LogP contribution is -2.17. The van der Waals surface area contributed by atoms with Crippen molar-refractivity contribution in [3.63, 3.8) is 0 Å². The lowest BCUT2D eigenvalue weighted by Gasteiger charge is -2.06. The van der Waals surface area contributed by atoms with Crippen LogP contribution in [0.15, 0.2) is 24.5 Å². The van der Waals surface area contributed by atoms with E-state index in [4.69, 9.17) is 0 Å². The minimum absolute atomic E-state index is 0.331. The summed E-state index contributed by atoms with van der Waals surface area (Å²) in [6.45, 7) is 0. The van der Waals surface area contributed by atoms with Crippen molar-refractivity contribution in [1.82, 2.24) is 14.8 Å². The molecule has 0 aliphatic rings. The van der Waals surface area contributed by atoms with Crippen molar-refractivity contribution in [1.29, 1.82) is 0 Å². The molecule has 2 heterocycles. The van der Waals surface area contributed by atoms with E-state index >= 15 is 0 Å². The summed E-state index contributed by atoms with van der Waals surface area (Å²) in [7, 11) is 1.66. The third-order valence-corrected chi connectivity index (χ3v) is 2.92. The molecule has 1 amide bonds. The first kappa shape index (κ1) is 12.0. The van der Waals surface area contributed by atoms with Gasteiger partial charge in [0.1, 0.15) is 17.3 Å². The molecule has 7 heteroatoms. The number of aryl methyl sites for hydroxylation is 1. The zero-order chi connectivity index (χ0) is 12.4. The summed E-state index contributed by atoms with van der Waals surface area (Å²) in [5.74, 6) is -0.437. The van der Waals surface area contributed by atoms with Crippen molar-refractivity contribution < 1.29 is 9.18 Å². The zero-order valence-corrected chi connectivity index (χ0v) is 11.0. The molecule has 2 aromatic heterocycles. The lowest BCUT2D eigenvalue weighted by atomic mass is 10.4. The van der Waals surface area contributed by atoms with E-state index in [1.807, 2.05) is 22.6 Å². The predicted octanol–water partition coefficient (Wildman–Crippen LogP) is 1.81. The molecule has 0 aromatic carbocycles. The standard InChI is InChI=1S/C10H8FIN4O/c1-16-8(2-3-14-16)10(17)15-9-7(12)4-6(11)5-13-9/h2-5H,1H3,(H,13,15,17). The fourth-order valence-corrected chi connectivity index (χ4v) is 1.85. The Balaban J connectivity index is 2.22. The van der Waals surface area contributed by atoms with Gasteiger partial charge < -0.3 is 5.32 Å². The Hall–Kier alpha value is -1.51. The largest absolute Gasteiger partial charge is 0.304 e. The van der Waals surface area contributed by atoms with Gasteiger partial charge in [0.2, 0.25) is 0 Å². The minimum Gasteiger partial charge on any atom is -0.304 e. The minimum atomic E-state index is -0.437. The molecule has 0 unspecified atom stereocenters. The predicted molar refractivity (Wildman–Crippen MR) is 68.1 cm³/mol. The molecule has 0 aliphatic heterocycles. The topological polar surface area (TPSA) is 59.8 Å². The normalized spacial score (nSPS) is 10.3. The summed E-state index contributed by atoms with van der Waals surface area (Å²) < 4.78 is 14.8. The average Bonchev–Trinajstić information content (AvgIpc) is 2.68. The molecule has 2 aromatic rings. The molecule has 0 atom stereocenters. The number of amides is 1. The van der Waals surface area contributed by atoms with Gasteiger partial charge in [-0.05, 0) is 34.7 Å². The number of pyridine rings is 1. The van der Waals surface area contributed by atoms with Gasteiger partial charge in [-0.1, -0.05) is 0 Å². The van der Waals surface area contributed by atoms with Crippen LogP contribution in [0.5, 0.6) is 0 Å². The van der Waals surface area contributed by atoms with Crippen LogP contribution in [0, 0.1) is 9.39 Å². The van der Waals surface area contributed by atoms with Gasteiger partial charge >= 0.3 is 0 Å². The van der Waals surface area contributed by atoms with Crippen LogP contribution in [0.1, 0.15) is 10.5 Å².